The summed E-state index contributed by atoms with van der Waals surface area (Å²) in [5, 5.41) is 4.08. The lowest BCUT2D eigenvalue weighted by Gasteiger charge is -2.26. The molecule has 1 aromatic rings. The van der Waals surface area contributed by atoms with Crippen molar-refractivity contribution in [2.75, 3.05) is 5.88 Å². The molecule has 3 nitrogen and oxygen atoms in total. The van der Waals surface area contributed by atoms with Crippen LogP contribution in [0.3, 0.4) is 0 Å². The molecular formula is C10H16ClN3. The maximum atomic E-state index is 6.06. The molecular weight excluding hydrogens is 198 g/mol. The lowest BCUT2D eigenvalue weighted by molar-refractivity contribution is 0.302. The highest BCUT2D eigenvalue weighted by Gasteiger charge is 2.41. The molecule has 0 amide bonds. The van der Waals surface area contributed by atoms with E-state index in [4.69, 9.17) is 11.6 Å². The lowest BCUT2D eigenvalue weighted by atomic mass is 9.83. The van der Waals surface area contributed by atoms with Gasteiger partial charge in [0.2, 0.25) is 0 Å². The molecule has 78 valence electrons. The van der Waals surface area contributed by atoms with E-state index in [1.165, 1.54) is 12.8 Å². The van der Waals surface area contributed by atoms with Gasteiger partial charge in [0.05, 0.1) is 0 Å². The van der Waals surface area contributed by atoms with Crippen molar-refractivity contribution in [3.63, 3.8) is 0 Å². The van der Waals surface area contributed by atoms with Gasteiger partial charge in [0, 0.05) is 19.3 Å². The second-order valence-electron chi connectivity index (χ2n) is 4.54. The van der Waals surface area contributed by atoms with Crippen molar-refractivity contribution >= 4 is 11.6 Å². The van der Waals surface area contributed by atoms with Crippen molar-refractivity contribution in [1.82, 2.24) is 14.8 Å². The van der Waals surface area contributed by atoms with Crippen LogP contribution in [0.5, 0.6) is 0 Å². The van der Waals surface area contributed by atoms with Gasteiger partial charge in [0.1, 0.15) is 12.2 Å². The maximum absolute atomic E-state index is 6.06. The second-order valence-corrected chi connectivity index (χ2v) is 4.81. The lowest BCUT2D eigenvalue weighted by Crippen LogP contribution is -2.26. The monoisotopic (exact) mass is 213 g/mol. The number of aromatic nitrogens is 3. The molecule has 0 spiro atoms. The third-order valence-electron chi connectivity index (χ3n) is 3.24. The molecule has 1 atom stereocenters. The fourth-order valence-corrected chi connectivity index (χ4v) is 2.24. The zero-order valence-corrected chi connectivity index (χ0v) is 9.46. The molecule has 0 bridgehead atoms. The summed E-state index contributed by atoms with van der Waals surface area (Å²) in [4.78, 5) is 4.25. The van der Waals surface area contributed by atoms with Crippen LogP contribution in [0.25, 0.3) is 0 Å². The third-order valence-corrected chi connectivity index (χ3v) is 3.85. The Morgan fingerprint density at radius 1 is 1.64 bits per heavy atom. The molecule has 0 aromatic carbocycles. The van der Waals surface area contributed by atoms with Crippen LogP contribution in [0.15, 0.2) is 6.33 Å². The molecule has 1 saturated carbocycles. The first-order chi connectivity index (χ1) is 6.65. The maximum Gasteiger partial charge on any atom is 0.138 e. The van der Waals surface area contributed by atoms with Gasteiger partial charge in [-0.05, 0) is 24.2 Å². The van der Waals surface area contributed by atoms with Gasteiger partial charge in [0.15, 0.2) is 0 Å². The van der Waals surface area contributed by atoms with Crippen molar-refractivity contribution in [3.05, 3.63) is 12.2 Å². The number of rotatable bonds is 4. The number of nitrogens with zero attached hydrogens (tertiary/aromatic N) is 3. The Kier molecular flexibility index (Phi) is 2.52. The van der Waals surface area contributed by atoms with Crippen LogP contribution in [0.2, 0.25) is 0 Å². The average Bonchev–Trinajstić information content (AvgIpc) is 2.95. The first kappa shape index (κ1) is 9.97. The first-order valence-corrected chi connectivity index (χ1v) is 5.58. The van der Waals surface area contributed by atoms with E-state index >= 15 is 0 Å². The quantitative estimate of drug-likeness (QED) is 0.717. The van der Waals surface area contributed by atoms with Crippen molar-refractivity contribution in [3.8, 4) is 0 Å². The topological polar surface area (TPSA) is 30.7 Å². The van der Waals surface area contributed by atoms with E-state index < -0.39 is 0 Å². The predicted octanol–water partition coefficient (Wildman–Crippen LogP) is 2.01. The Balaban J connectivity index is 2.11. The molecule has 1 aliphatic carbocycles. The summed E-state index contributed by atoms with van der Waals surface area (Å²) in [6.07, 6.45) is 5.19. The fraction of sp³-hybridized carbons (Fsp3) is 0.800. The van der Waals surface area contributed by atoms with Crippen LogP contribution in [0.4, 0.5) is 0 Å². The van der Waals surface area contributed by atoms with Crippen molar-refractivity contribution in [1.29, 1.82) is 0 Å². The third kappa shape index (κ3) is 1.78. The fourth-order valence-electron chi connectivity index (χ4n) is 1.92. The Labute approximate surface area is 89.5 Å². The summed E-state index contributed by atoms with van der Waals surface area (Å²) >= 11 is 6.06. The summed E-state index contributed by atoms with van der Waals surface area (Å²) < 4.78 is 1.84. The Hall–Kier alpha value is -0.570. The highest BCUT2D eigenvalue weighted by atomic mass is 35.5. The summed E-state index contributed by atoms with van der Waals surface area (Å²) in [7, 11) is 1.93. The standard InChI is InChI=1S/C10H16ClN3/c1-10(6-11,8-3-4-8)5-9-12-7-13-14(9)2/h7-8H,3-6H2,1-2H3. The summed E-state index contributed by atoms with van der Waals surface area (Å²) in [6, 6.07) is 0. The van der Waals surface area contributed by atoms with Gasteiger partial charge >= 0.3 is 0 Å². The number of hydrogen-bond donors (Lipinski definition) is 0. The van der Waals surface area contributed by atoms with Crippen LogP contribution >= 0.6 is 11.6 Å². The molecule has 0 aliphatic heterocycles. The molecule has 1 unspecified atom stereocenters. The molecule has 2 rings (SSSR count). The van der Waals surface area contributed by atoms with Crippen LogP contribution in [0.1, 0.15) is 25.6 Å². The van der Waals surface area contributed by atoms with Gasteiger partial charge in [-0.3, -0.25) is 4.68 Å². The predicted molar refractivity (Wildman–Crippen MR) is 56.3 cm³/mol. The number of halogens is 1. The van der Waals surface area contributed by atoms with Gasteiger partial charge < -0.3 is 0 Å². The summed E-state index contributed by atoms with van der Waals surface area (Å²) in [6.45, 7) is 2.26. The second kappa shape index (κ2) is 3.54. The molecule has 1 fully saturated rings. The highest BCUT2D eigenvalue weighted by molar-refractivity contribution is 6.18. The van der Waals surface area contributed by atoms with Gasteiger partial charge in [0.25, 0.3) is 0 Å². The first-order valence-electron chi connectivity index (χ1n) is 5.04. The van der Waals surface area contributed by atoms with E-state index in [9.17, 15) is 0 Å². The van der Waals surface area contributed by atoms with E-state index in [1.807, 2.05) is 11.7 Å². The van der Waals surface area contributed by atoms with Gasteiger partial charge in [-0.25, -0.2) is 4.98 Å². The van der Waals surface area contributed by atoms with E-state index in [-0.39, 0.29) is 5.41 Å². The molecule has 0 radical (unpaired) electrons. The van der Waals surface area contributed by atoms with E-state index in [1.54, 1.807) is 6.33 Å². The van der Waals surface area contributed by atoms with Crippen LogP contribution in [0, 0.1) is 11.3 Å². The molecule has 1 heterocycles. The minimum atomic E-state index is 0.211. The van der Waals surface area contributed by atoms with Gasteiger partial charge in [-0.1, -0.05) is 6.92 Å². The number of aryl methyl sites for hydroxylation is 1. The van der Waals surface area contributed by atoms with Gasteiger partial charge in [-0.15, -0.1) is 11.6 Å². The van der Waals surface area contributed by atoms with Crippen LogP contribution < -0.4 is 0 Å². The van der Waals surface area contributed by atoms with Crippen molar-refractivity contribution < 1.29 is 0 Å². The highest BCUT2D eigenvalue weighted by Crippen LogP contribution is 2.47. The van der Waals surface area contributed by atoms with Crippen LogP contribution in [-0.4, -0.2) is 20.6 Å². The molecule has 1 aromatic heterocycles. The average molecular weight is 214 g/mol. The number of hydrogen-bond acceptors (Lipinski definition) is 2. The smallest absolute Gasteiger partial charge is 0.138 e. The normalized spacial score (nSPS) is 20.8. The van der Waals surface area contributed by atoms with E-state index in [2.05, 4.69) is 17.0 Å². The zero-order chi connectivity index (χ0) is 10.2. The summed E-state index contributed by atoms with van der Waals surface area (Å²) in [5.41, 5.74) is 0.211. The SMILES string of the molecule is Cn1ncnc1CC(C)(CCl)C1CC1. The number of alkyl halides is 1. The Morgan fingerprint density at radius 2 is 2.36 bits per heavy atom. The molecule has 4 heteroatoms. The summed E-state index contributed by atoms with van der Waals surface area (Å²) in [5.74, 6) is 2.54. The van der Waals surface area contributed by atoms with Gasteiger partial charge in [-0.2, -0.15) is 5.10 Å². The van der Waals surface area contributed by atoms with Crippen LogP contribution in [-0.2, 0) is 13.5 Å². The molecule has 14 heavy (non-hydrogen) atoms. The molecule has 1 aliphatic rings. The van der Waals surface area contributed by atoms with Crippen molar-refractivity contribution in [2.24, 2.45) is 18.4 Å². The molecule has 0 saturated heterocycles. The van der Waals surface area contributed by atoms with E-state index in [0.717, 1.165) is 18.2 Å². The Bertz CT molecular complexity index is 319. The Morgan fingerprint density at radius 3 is 2.79 bits per heavy atom. The largest absolute Gasteiger partial charge is 0.253 e. The molecule has 0 N–H and O–H groups in total. The minimum Gasteiger partial charge on any atom is -0.253 e. The minimum absolute atomic E-state index is 0.211. The van der Waals surface area contributed by atoms with E-state index in [0.29, 0.717) is 5.88 Å². The van der Waals surface area contributed by atoms with Crippen molar-refractivity contribution in [2.45, 2.75) is 26.2 Å². The zero-order valence-electron chi connectivity index (χ0n) is 8.70.